The zero-order chi connectivity index (χ0) is 8.39. The fraction of sp³-hybridized carbons (Fsp3) is 0.857. The summed E-state index contributed by atoms with van der Waals surface area (Å²) in [5.74, 6) is 1.39. The monoisotopic (exact) mass is 184 g/mol. The Morgan fingerprint density at radius 1 is 1.25 bits per heavy atom. The van der Waals surface area contributed by atoms with Gasteiger partial charge in [-0.3, -0.25) is 0 Å². The average Bonchev–Trinajstić information content (AvgIpc) is 2.54. The van der Waals surface area contributed by atoms with Gasteiger partial charge in [0.15, 0.2) is 5.82 Å². The molecule has 0 amide bonds. The molecule has 1 aromatic heterocycles. The molecule has 0 spiro atoms. The minimum Gasteiger partial charge on any atom is -0.125 e. The fourth-order valence-electron chi connectivity index (χ4n) is 1.74. The van der Waals surface area contributed by atoms with Crippen LogP contribution in [0.2, 0.25) is 0 Å². The highest BCUT2D eigenvalue weighted by molar-refractivity contribution is 7.78. The van der Waals surface area contributed by atoms with E-state index in [1.807, 2.05) is 0 Å². The van der Waals surface area contributed by atoms with E-state index >= 15 is 0 Å². The summed E-state index contributed by atoms with van der Waals surface area (Å²) >= 11 is 3.96. The van der Waals surface area contributed by atoms with E-state index in [1.54, 1.807) is 0 Å². The first kappa shape index (κ1) is 8.04. The molecule has 0 atom stereocenters. The molecule has 1 aromatic rings. The Morgan fingerprint density at radius 3 is 2.58 bits per heavy atom. The van der Waals surface area contributed by atoms with Gasteiger partial charge < -0.3 is 0 Å². The SMILES string of the molecule is Sn1nnc(C2CCCCC2)n1. The van der Waals surface area contributed by atoms with Crippen LogP contribution in [0.15, 0.2) is 0 Å². The van der Waals surface area contributed by atoms with Gasteiger partial charge in [0.2, 0.25) is 0 Å². The fourth-order valence-corrected chi connectivity index (χ4v) is 1.87. The van der Waals surface area contributed by atoms with Gasteiger partial charge in [0.25, 0.3) is 0 Å². The molecule has 1 aliphatic carbocycles. The normalized spacial score (nSPS) is 19.8. The lowest BCUT2D eigenvalue weighted by Gasteiger charge is -2.17. The predicted molar refractivity (Wildman–Crippen MR) is 48.0 cm³/mol. The number of aromatic nitrogens is 4. The maximum atomic E-state index is 4.09. The Labute approximate surface area is 76.9 Å². The Bertz CT molecular complexity index is 254. The Kier molecular flexibility index (Phi) is 2.30. The van der Waals surface area contributed by atoms with Gasteiger partial charge in [-0.2, -0.15) is 0 Å². The predicted octanol–water partition coefficient (Wildman–Crippen LogP) is 1.41. The van der Waals surface area contributed by atoms with Gasteiger partial charge in [-0.25, -0.2) is 0 Å². The summed E-state index contributed by atoms with van der Waals surface area (Å²) in [5, 5.41) is 11.8. The molecule has 66 valence electrons. The van der Waals surface area contributed by atoms with E-state index in [9.17, 15) is 0 Å². The van der Waals surface area contributed by atoms with Crippen LogP contribution in [0.4, 0.5) is 0 Å². The van der Waals surface area contributed by atoms with E-state index in [2.05, 4.69) is 28.2 Å². The van der Waals surface area contributed by atoms with Crippen LogP contribution in [0.3, 0.4) is 0 Å². The molecule has 0 radical (unpaired) electrons. The molecular formula is C7H12N4S. The van der Waals surface area contributed by atoms with Crippen LogP contribution in [-0.4, -0.2) is 19.6 Å². The third kappa shape index (κ3) is 1.60. The minimum atomic E-state index is 0.527. The van der Waals surface area contributed by atoms with Gasteiger partial charge in [-0.05, 0) is 30.9 Å². The molecule has 0 aliphatic heterocycles. The van der Waals surface area contributed by atoms with Crippen LogP contribution < -0.4 is 0 Å². The van der Waals surface area contributed by atoms with Crippen molar-refractivity contribution >= 4 is 12.8 Å². The van der Waals surface area contributed by atoms with Crippen molar-refractivity contribution in [3.05, 3.63) is 5.82 Å². The zero-order valence-corrected chi connectivity index (χ0v) is 7.74. The van der Waals surface area contributed by atoms with Gasteiger partial charge in [0, 0.05) is 5.92 Å². The molecule has 4 nitrogen and oxygen atoms in total. The second-order valence-electron chi connectivity index (χ2n) is 3.25. The third-order valence-corrected chi connectivity index (χ3v) is 2.56. The number of hydrogen-bond donors (Lipinski definition) is 1. The van der Waals surface area contributed by atoms with E-state index in [0.29, 0.717) is 5.92 Å². The number of rotatable bonds is 1. The molecule has 2 rings (SSSR count). The molecule has 0 N–H and O–H groups in total. The van der Waals surface area contributed by atoms with Gasteiger partial charge >= 0.3 is 0 Å². The highest BCUT2D eigenvalue weighted by atomic mass is 32.1. The van der Waals surface area contributed by atoms with Gasteiger partial charge in [-0.15, -0.1) is 14.4 Å². The molecule has 0 saturated heterocycles. The highest BCUT2D eigenvalue weighted by Gasteiger charge is 2.19. The molecule has 1 saturated carbocycles. The quantitative estimate of drug-likeness (QED) is 0.671. The lowest BCUT2D eigenvalue weighted by atomic mass is 9.89. The van der Waals surface area contributed by atoms with Crippen LogP contribution in [0, 0.1) is 0 Å². The number of thiol groups is 1. The number of tetrazole rings is 1. The molecule has 12 heavy (non-hydrogen) atoms. The van der Waals surface area contributed by atoms with Crippen LogP contribution in [0.25, 0.3) is 0 Å². The first-order valence-corrected chi connectivity index (χ1v) is 4.75. The number of nitrogens with zero attached hydrogens (tertiary/aromatic N) is 4. The van der Waals surface area contributed by atoms with Crippen molar-refractivity contribution < 1.29 is 0 Å². The second kappa shape index (κ2) is 3.43. The van der Waals surface area contributed by atoms with Gasteiger partial charge in [0.05, 0.1) is 0 Å². The molecular weight excluding hydrogens is 172 g/mol. The maximum Gasteiger partial charge on any atom is 0.178 e. The van der Waals surface area contributed by atoms with Crippen molar-refractivity contribution in [3.63, 3.8) is 0 Å². The summed E-state index contributed by atoms with van der Waals surface area (Å²) in [6.07, 6.45) is 6.36. The van der Waals surface area contributed by atoms with Crippen LogP contribution in [-0.2, 0) is 0 Å². The Hall–Kier alpha value is -0.580. The summed E-state index contributed by atoms with van der Waals surface area (Å²) in [4.78, 5) is 0. The first-order chi connectivity index (χ1) is 5.86. The van der Waals surface area contributed by atoms with Crippen molar-refractivity contribution in [2.75, 3.05) is 0 Å². The third-order valence-electron chi connectivity index (χ3n) is 2.39. The lowest BCUT2D eigenvalue weighted by molar-refractivity contribution is 0.428. The highest BCUT2D eigenvalue weighted by Crippen LogP contribution is 2.29. The zero-order valence-electron chi connectivity index (χ0n) is 6.85. The van der Waals surface area contributed by atoms with Crippen molar-refractivity contribution in [2.45, 2.75) is 38.0 Å². The van der Waals surface area contributed by atoms with E-state index in [-0.39, 0.29) is 0 Å². The minimum absolute atomic E-state index is 0.527. The summed E-state index contributed by atoms with van der Waals surface area (Å²) in [5.41, 5.74) is 0. The first-order valence-electron chi connectivity index (χ1n) is 4.35. The molecule has 0 aromatic carbocycles. The van der Waals surface area contributed by atoms with Gasteiger partial charge in [-0.1, -0.05) is 19.3 Å². The topological polar surface area (TPSA) is 43.6 Å². The van der Waals surface area contributed by atoms with Crippen molar-refractivity contribution in [1.29, 1.82) is 0 Å². The smallest absolute Gasteiger partial charge is 0.125 e. The molecule has 1 heterocycles. The standard InChI is InChI=1S/C7H12N4S/c12-11-9-7(8-10-11)6-4-2-1-3-5-6/h6,12H,1-5H2. The maximum absolute atomic E-state index is 4.09. The molecule has 1 aliphatic rings. The summed E-state index contributed by atoms with van der Waals surface area (Å²) in [6, 6.07) is 0. The second-order valence-corrected chi connectivity index (χ2v) is 3.61. The Morgan fingerprint density at radius 2 is 2.00 bits per heavy atom. The van der Waals surface area contributed by atoms with E-state index < -0.39 is 0 Å². The summed E-state index contributed by atoms with van der Waals surface area (Å²) in [7, 11) is 0. The van der Waals surface area contributed by atoms with Crippen LogP contribution in [0.5, 0.6) is 0 Å². The largest absolute Gasteiger partial charge is 0.178 e. The van der Waals surface area contributed by atoms with Crippen molar-refractivity contribution in [2.24, 2.45) is 0 Å². The van der Waals surface area contributed by atoms with Crippen LogP contribution in [0.1, 0.15) is 43.8 Å². The molecule has 0 bridgehead atoms. The summed E-state index contributed by atoms with van der Waals surface area (Å²) in [6.45, 7) is 0. The molecule has 1 fully saturated rings. The van der Waals surface area contributed by atoms with Crippen LogP contribution >= 0.6 is 12.8 Å². The van der Waals surface area contributed by atoms with E-state index in [1.165, 1.54) is 36.3 Å². The molecule has 0 unspecified atom stereocenters. The average molecular weight is 184 g/mol. The number of hydrogen-bond acceptors (Lipinski definition) is 4. The van der Waals surface area contributed by atoms with E-state index in [0.717, 1.165) is 5.82 Å². The Balaban J connectivity index is 2.08. The van der Waals surface area contributed by atoms with E-state index in [4.69, 9.17) is 0 Å². The lowest BCUT2D eigenvalue weighted by Crippen LogP contribution is -2.06. The van der Waals surface area contributed by atoms with Gasteiger partial charge in [0.1, 0.15) is 0 Å². The summed E-state index contributed by atoms with van der Waals surface area (Å²) < 4.78 is 1.24. The van der Waals surface area contributed by atoms with Crippen molar-refractivity contribution in [1.82, 2.24) is 19.6 Å². The van der Waals surface area contributed by atoms with Crippen molar-refractivity contribution in [3.8, 4) is 0 Å². The molecule has 5 heteroatoms.